The van der Waals surface area contributed by atoms with Crippen LogP contribution in [0.4, 0.5) is 0 Å². The first-order valence-corrected chi connectivity index (χ1v) is 5.16. The van der Waals surface area contributed by atoms with Gasteiger partial charge in [0.1, 0.15) is 0 Å². The van der Waals surface area contributed by atoms with Gasteiger partial charge in [-0.15, -0.1) is 0 Å². The fourth-order valence-electron chi connectivity index (χ4n) is 1.67. The van der Waals surface area contributed by atoms with Gasteiger partial charge in [-0.1, -0.05) is 13.3 Å². The van der Waals surface area contributed by atoms with Crippen molar-refractivity contribution in [3.05, 3.63) is 0 Å². The van der Waals surface area contributed by atoms with Gasteiger partial charge in [0.15, 0.2) is 0 Å². The lowest BCUT2D eigenvalue weighted by Gasteiger charge is -2.31. The number of hydrogen-bond acceptors (Lipinski definition) is 2. The van der Waals surface area contributed by atoms with E-state index in [4.69, 9.17) is 5.11 Å². The molecule has 0 radical (unpaired) electrons. The highest BCUT2D eigenvalue weighted by Crippen LogP contribution is 2.26. The maximum absolute atomic E-state index is 10.4. The minimum absolute atomic E-state index is 0.278. The van der Waals surface area contributed by atoms with Gasteiger partial charge < -0.3 is 10.0 Å². The molecule has 0 atom stereocenters. The lowest BCUT2D eigenvalue weighted by atomic mass is 9.85. The van der Waals surface area contributed by atoms with Crippen molar-refractivity contribution in [3.63, 3.8) is 0 Å². The zero-order chi connectivity index (χ0) is 9.68. The van der Waals surface area contributed by atoms with E-state index in [0.717, 1.165) is 19.0 Å². The maximum atomic E-state index is 10.4. The summed E-state index contributed by atoms with van der Waals surface area (Å²) in [5, 5.41) is 8.54. The Kier molecular flexibility index (Phi) is 4.22. The Balaban J connectivity index is 2.13. The van der Waals surface area contributed by atoms with Crippen LogP contribution in [0.15, 0.2) is 0 Å². The standard InChI is InChI=1S/C10H19NO2/c1-2-11(7-6-10(12)13)8-9-4-3-5-9/h9H,2-8H2,1H3,(H,12,13). The largest absolute Gasteiger partial charge is 0.481 e. The van der Waals surface area contributed by atoms with Crippen LogP contribution in [-0.4, -0.2) is 35.6 Å². The van der Waals surface area contributed by atoms with E-state index < -0.39 is 5.97 Å². The first-order valence-electron chi connectivity index (χ1n) is 5.16. The van der Waals surface area contributed by atoms with Crippen molar-refractivity contribution < 1.29 is 9.90 Å². The molecule has 0 bridgehead atoms. The Morgan fingerprint density at radius 3 is 2.62 bits per heavy atom. The van der Waals surface area contributed by atoms with Crippen molar-refractivity contribution in [1.29, 1.82) is 0 Å². The van der Waals surface area contributed by atoms with Crippen LogP contribution >= 0.6 is 0 Å². The van der Waals surface area contributed by atoms with Crippen molar-refractivity contribution in [3.8, 4) is 0 Å². The molecule has 0 amide bonds. The Morgan fingerprint density at radius 1 is 1.54 bits per heavy atom. The lowest BCUT2D eigenvalue weighted by Crippen LogP contribution is -2.33. The van der Waals surface area contributed by atoms with Crippen LogP contribution < -0.4 is 0 Å². The SMILES string of the molecule is CCN(CCC(=O)O)CC1CCC1. The zero-order valence-electron chi connectivity index (χ0n) is 8.33. The molecule has 0 spiro atoms. The Bertz CT molecular complexity index is 166. The average Bonchev–Trinajstić information content (AvgIpc) is 2.01. The number of hydrogen-bond donors (Lipinski definition) is 1. The van der Waals surface area contributed by atoms with E-state index in [-0.39, 0.29) is 6.42 Å². The van der Waals surface area contributed by atoms with Crippen LogP contribution in [-0.2, 0) is 4.79 Å². The van der Waals surface area contributed by atoms with E-state index in [0.29, 0.717) is 6.54 Å². The molecule has 3 heteroatoms. The normalized spacial score (nSPS) is 17.4. The quantitative estimate of drug-likeness (QED) is 0.683. The van der Waals surface area contributed by atoms with Gasteiger partial charge in [-0.3, -0.25) is 4.79 Å². The molecule has 1 N–H and O–H groups in total. The zero-order valence-corrected chi connectivity index (χ0v) is 8.33. The van der Waals surface area contributed by atoms with Gasteiger partial charge in [0, 0.05) is 13.1 Å². The van der Waals surface area contributed by atoms with Gasteiger partial charge in [0.2, 0.25) is 0 Å². The van der Waals surface area contributed by atoms with Crippen LogP contribution in [0, 0.1) is 5.92 Å². The van der Waals surface area contributed by atoms with E-state index in [9.17, 15) is 4.79 Å². The Labute approximate surface area is 79.7 Å². The van der Waals surface area contributed by atoms with Crippen molar-refractivity contribution in [2.45, 2.75) is 32.6 Å². The molecular formula is C10H19NO2. The van der Waals surface area contributed by atoms with Crippen LogP contribution in [0.3, 0.4) is 0 Å². The molecule has 13 heavy (non-hydrogen) atoms. The third-order valence-electron chi connectivity index (χ3n) is 2.83. The topological polar surface area (TPSA) is 40.5 Å². The molecule has 0 unspecified atom stereocenters. The van der Waals surface area contributed by atoms with E-state index in [1.54, 1.807) is 0 Å². The smallest absolute Gasteiger partial charge is 0.304 e. The van der Waals surface area contributed by atoms with Gasteiger partial charge in [-0.2, -0.15) is 0 Å². The fraction of sp³-hybridized carbons (Fsp3) is 0.900. The third kappa shape index (κ3) is 3.77. The molecule has 1 fully saturated rings. The molecule has 0 saturated heterocycles. The predicted octanol–water partition coefficient (Wildman–Crippen LogP) is 1.58. The highest BCUT2D eigenvalue weighted by atomic mass is 16.4. The highest BCUT2D eigenvalue weighted by molar-refractivity contribution is 5.66. The van der Waals surface area contributed by atoms with E-state index in [2.05, 4.69) is 11.8 Å². The number of aliphatic carboxylic acids is 1. The van der Waals surface area contributed by atoms with E-state index in [1.165, 1.54) is 19.3 Å². The van der Waals surface area contributed by atoms with Gasteiger partial charge >= 0.3 is 5.97 Å². The second-order valence-corrected chi connectivity index (χ2v) is 3.83. The summed E-state index contributed by atoms with van der Waals surface area (Å²) in [4.78, 5) is 12.6. The van der Waals surface area contributed by atoms with Crippen LogP contribution in [0.2, 0.25) is 0 Å². The molecule has 0 aliphatic heterocycles. The lowest BCUT2D eigenvalue weighted by molar-refractivity contribution is -0.137. The van der Waals surface area contributed by atoms with Crippen molar-refractivity contribution in [1.82, 2.24) is 4.90 Å². The number of carbonyl (C=O) groups is 1. The molecule has 3 nitrogen and oxygen atoms in total. The van der Waals surface area contributed by atoms with Crippen LogP contribution in [0.1, 0.15) is 32.6 Å². The summed E-state index contributed by atoms with van der Waals surface area (Å²) < 4.78 is 0. The molecule has 1 saturated carbocycles. The fourth-order valence-corrected chi connectivity index (χ4v) is 1.67. The molecule has 0 aromatic heterocycles. The van der Waals surface area contributed by atoms with Gasteiger partial charge in [0.05, 0.1) is 6.42 Å². The molecule has 76 valence electrons. The second-order valence-electron chi connectivity index (χ2n) is 3.83. The summed E-state index contributed by atoms with van der Waals surface area (Å²) in [5.74, 6) is 0.154. The van der Waals surface area contributed by atoms with E-state index in [1.807, 2.05) is 0 Å². The van der Waals surface area contributed by atoms with Crippen molar-refractivity contribution in [2.24, 2.45) is 5.92 Å². The average molecular weight is 185 g/mol. The Morgan fingerprint density at radius 2 is 2.23 bits per heavy atom. The summed E-state index contributed by atoms with van der Waals surface area (Å²) in [7, 11) is 0. The summed E-state index contributed by atoms with van der Waals surface area (Å²) in [6.45, 7) is 4.89. The summed E-state index contributed by atoms with van der Waals surface area (Å²) in [6.07, 6.45) is 4.31. The van der Waals surface area contributed by atoms with Crippen molar-refractivity contribution >= 4 is 5.97 Å². The predicted molar refractivity (Wildman–Crippen MR) is 51.7 cm³/mol. The second kappa shape index (κ2) is 5.22. The molecule has 0 heterocycles. The molecule has 1 rings (SSSR count). The third-order valence-corrected chi connectivity index (χ3v) is 2.83. The minimum atomic E-state index is -0.688. The maximum Gasteiger partial charge on any atom is 0.304 e. The van der Waals surface area contributed by atoms with Gasteiger partial charge in [0.25, 0.3) is 0 Å². The van der Waals surface area contributed by atoms with Crippen LogP contribution in [0.25, 0.3) is 0 Å². The molecule has 1 aliphatic carbocycles. The summed E-state index contributed by atoms with van der Waals surface area (Å²) in [6, 6.07) is 0. The number of nitrogens with zero attached hydrogens (tertiary/aromatic N) is 1. The molecule has 0 aromatic rings. The number of rotatable bonds is 6. The van der Waals surface area contributed by atoms with Gasteiger partial charge in [-0.05, 0) is 25.3 Å². The van der Waals surface area contributed by atoms with Crippen molar-refractivity contribution in [2.75, 3.05) is 19.6 Å². The first kappa shape index (κ1) is 10.5. The number of carboxylic acid groups (broad SMARTS) is 1. The molecule has 1 aliphatic rings. The summed E-state index contributed by atoms with van der Waals surface area (Å²) >= 11 is 0. The van der Waals surface area contributed by atoms with Crippen LogP contribution in [0.5, 0.6) is 0 Å². The van der Waals surface area contributed by atoms with Gasteiger partial charge in [-0.25, -0.2) is 0 Å². The Hall–Kier alpha value is -0.570. The highest BCUT2D eigenvalue weighted by Gasteiger charge is 2.19. The minimum Gasteiger partial charge on any atom is -0.481 e. The summed E-state index contributed by atoms with van der Waals surface area (Å²) in [5.41, 5.74) is 0. The first-order chi connectivity index (χ1) is 6.22. The molecular weight excluding hydrogens is 166 g/mol. The number of carboxylic acids is 1. The van der Waals surface area contributed by atoms with E-state index >= 15 is 0 Å². The molecule has 0 aromatic carbocycles. The monoisotopic (exact) mass is 185 g/mol.